The molecule has 0 fully saturated rings. The maximum absolute atomic E-state index is 10.9. The highest BCUT2D eigenvalue weighted by Crippen LogP contribution is 2.22. The van der Waals surface area contributed by atoms with Crippen LogP contribution in [-0.4, -0.2) is 5.24 Å². The van der Waals surface area contributed by atoms with E-state index in [4.69, 9.17) is 11.6 Å². The Hall–Kier alpha value is -0.610. The van der Waals surface area contributed by atoms with Gasteiger partial charge in [-0.05, 0) is 63.2 Å². The van der Waals surface area contributed by atoms with Crippen LogP contribution in [0, 0.1) is 3.57 Å². The molecule has 0 unspecified atom stereocenters. The number of carbonyl (C=O) groups excluding carboxylic acids is 1. The van der Waals surface area contributed by atoms with Gasteiger partial charge in [-0.25, -0.2) is 0 Å². The van der Waals surface area contributed by atoms with Gasteiger partial charge >= 0.3 is 0 Å². The van der Waals surface area contributed by atoms with Crippen LogP contribution in [0.15, 0.2) is 36.4 Å². The number of rotatable bonds is 1. The lowest BCUT2D eigenvalue weighted by Gasteiger charge is -2.01. The Morgan fingerprint density at radius 1 is 1.21 bits per heavy atom. The highest BCUT2D eigenvalue weighted by molar-refractivity contribution is 14.1. The zero-order chi connectivity index (χ0) is 10.1. The molecule has 0 amide bonds. The third-order valence-electron chi connectivity index (χ3n) is 2.05. The molecular weight excluding hydrogens is 310 g/mol. The smallest absolute Gasteiger partial charge is 0.252 e. The van der Waals surface area contributed by atoms with Gasteiger partial charge in [-0.1, -0.05) is 18.2 Å². The van der Waals surface area contributed by atoms with Gasteiger partial charge < -0.3 is 0 Å². The molecule has 0 spiro atoms. The minimum Gasteiger partial charge on any atom is -0.276 e. The summed E-state index contributed by atoms with van der Waals surface area (Å²) in [6.45, 7) is 0. The highest BCUT2D eigenvalue weighted by atomic mass is 127. The van der Waals surface area contributed by atoms with Crippen molar-refractivity contribution in [1.82, 2.24) is 0 Å². The number of halogens is 2. The molecule has 1 nitrogen and oxygen atoms in total. The molecule has 0 bridgehead atoms. The van der Waals surface area contributed by atoms with Crippen molar-refractivity contribution in [2.75, 3.05) is 0 Å². The van der Waals surface area contributed by atoms with Gasteiger partial charge in [0, 0.05) is 9.13 Å². The molecule has 0 radical (unpaired) electrons. The standard InChI is InChI=1S/C11H6ClIO/c12-11(14)8-4-5-9-7(6-8)2-1-3-10(9)13/h1-6H. The third-order valence-corrected chi connectivity index (χ3v) is 3.21. The van der Waals surface area contributed by atoms with Gasteiger partial charge in [-0.2, -0.15) is 0 Å². The van der Waals surface area contributed by atoms with Crippen LogP contribution in [0.3, 0.4) is 0 Å². The molecular formula is C11H6ClIO. The van der Waals surface area contributed by atoms with Crippen molar-refractivity contribution in [3.05, 3.63) is 45.5 Å². The summed E-state index contributed by atoms with van der Waals surface area (Å²) in [5, 5.41) is 1.78. The number of benzene rings is 2. The van der Waals surface area contributed by atoms with Crippen molar-refractivity contribution in [1.29, 1.82) is 0 Å². The summed E-state index contributed by atoms with van der Waals surface area (Å²) < 4.78 is 1.17. The predicted octanol–water partition coefficient (Wildman–Crippen LogP) is 3.82. The van der Waals surface area contributed by atoms with Crippen LogP contribution in [0.2, 0.25) is 0 Å². The number of hydrogen-bond acceptors (Lipinski definition) is 1. The minimum absolute atomic E-state index is 0.411. The minimum atomic E-state index is -0.411. The molecule has 0 N–H and O–H groups in total. The first-order chi connectivity index (χ1) is 6.68. The van der Waals surface area contributed by atoms with Gasteiger partial charge in [0.15, 0.2) is 0 Å². The maximum atomic E-state index is 10.9. The number of carbonyl (C=O) groups is 1. The normalized spacial score (nSPS) is 10.4. The molecule has 0 saturated carbocycles. The van der Waals surface area contributed by atoms with Gasteiger partial charge in [0.25, 0.3) is 5.24 Å². The maximum Gasteiger partial charge on any atom is 0.252 e. The van der Waals surface area contributed by atoms with Gasteiger partial charge in [0.2, 0.25) is 0 Å². The fourth-order valence-electron chi connectivity index (χ4n) is 1.37. The second kappa shape index (κ2) is 3.87. The molecule has 2 aromatic carbocycles. The van der Waals surface area contributed by atoms with E-state index in [1.54, 1.807) is 6.07 Å². The third kappa shape index (κ3) is 1.77. The fraction of sp³-hybridized carbons (Fsp3) is 0. The molecule has 3 heteroatoms. The first-order valence-corrected chi connectivity index (χ1v) is 5.52. The van der Waals surface area contributed by atoms with Crippen LogP contribution in [0.5, 0.6) is 0 Å². The van der Waals surface area contributed by atoms with E-state index in [0.29, 0.717) is 5.56 Å². The van der Waals surface area contributed by atoms with Crippen LogP contribution in [0.25, 0.3) is 10.8 Å². The Morgan fingerprint density at radius 3 is 2.71 bits per heavy atom. The van der Waals surface area contributed by atoms with E-state index in [0.717, 1.165) is 10.8 Å². The van der Waals surface area contributed by atoms with Crippen LogP contribution in [0.4, 0.5) is 0 Å². The lowest BCUT2D eigenvalue weighted by Crippen LogP contribution is -1.88. The summed E-state index contributed by atoms with van der Waals surface area (Å²) in [5.74, 6) is 0. The van der Waals surface area contributed by atoms with Crippen molar-refractivity contribution < 1.29 is 4.79 Å². The van der Waals surface area contributed by atoms with Crippen LogP contribution >= 0.6 is 34.2 Å². The summed E-state index contributed by atoms with van der Waals surface area (Å²) in [5.41, 5.74) is 0.543. The molecule has 0 aromatic heterocycles. The predicted molar refractivity (Wildman–Crippen MR) is 66.8 cm³/mol. The van der Waals surface area contributed by atoms with Crippen LogP contribution in [-0.2, 0) is 0 Å². The summed E-state index contributed by atoms with van der Waals surface area (Å²) in [4.78, 5) is 10.9. The van der Waals surface area contributed by atoms with Crippen molar-refractivity contribution in [3.8, 4) is 0 Å². The van der Waals surface area contributed by atoms with Crippen molar-refractivity contribution >= 4 is 50.2 Å². The first-order valence-electron chi connectivity index (χ1n) is 4.06. The van der Waals surface area contributed by atoms with E-state index >= 15 is 0 Å². The topological polar surface area (TPSA) is 17.1 Å². The molecule has 0 aliphatic heterocycles. The Labute approximate surface area is 100 Å². The highest BCUT2D eigenvalue weighted by Gasteiger charge is 2.03. The number of fused-ring (bicyclic) bond motifs is 1. The number of hydrogen-bond donors (Lipinski definition) is 0. The monoisotopic (exact) mass is 316 g/mol. The van der Waals surface area contributed by atoms with E-state index in [9.17, 15) is 4.79 Å². The molecule has 0 heterocycles. The van der Waals surface area contributed by atoms with E-state index in [-0.39, 0.29) is 0 Å². The Morgan fingerprint density at radius 2 is 2.00 bits per heavy atom. The zero-order valence-electron chi connectivity index (χ0n) is 7.13. The average molecular weight is 317 g/mol. The SMILES string of the molecule is O=C(Cl)c1ccc2c(I)cccc2c1. The lowest BCUT2D eigenvalue weighted by atomic mass is 10.1. The van der Waals surface area contributed by atoms with E-state index in [1.165, 1.54) is 3.57 Å². The van der Waals surface area contributed by atoms with Gasteiger partial charge in [0.05, 0.1) is 0 Å². The lowest BCUT2D eigenvalue weighted by molar-refractivity contribution is 0.108. The summed E-state index contributed by atoms with van der Waals surface area (Å²) >= 11 is 7.67. The molecule has 0 aliphatic carbocycles. The molecule has 0 atom stereocenters. The molecule has 2 rings (SSSR count). The van der Waals surface area contributed by atoms with E-state index in [2.05, 4.69) is 22.6 Å². The molecule has 0 aliphatic rings. The molecule has 14 heavy (non-hydrogen) atoms. The second-order valence-electron chi connectivity index (χ2n) is 2.95. The van der Waals surface area contributed by atoms with E-state index < -0.39 is 5.24 Å². The van der Waals surface area contributed by atoms with Gasteiger partial charge in [-0.15, -0.1) is 0 Å². The largest absolute Gasteiger partial charge is 0.276 e. The van der Waals surface area contributed by atoms with Gasteiger partial charge in [-0.3, -0.25) is 4.79 Å². The Kier molecular flexibility index (Phi) is 2.74. The van der Waals surface area contributed by atoms with Crippen LogP contribution in [0.1, 0.15) is 10.4 Å². The summed E-state index contributed by atoms with van der Waals surface area (Å²) in [7, 11) is 0. The molecule has 70 valence electrons. The quantitative estimate of drug-likeness (QED) is 0.577. The summed E-state index contributed by atoms with van der Waals surface area (Å²) in [6.07, 6.45) is 0. The zero-order valence-corrected chi connectivity index (χ0v) is 10.0. The Balaban J connectivity index is 2.73. The molecule has 2 aromatic rings. The average Bonchev–Trinajstić information content (AvgIpc) is 2.17. The first kappa shape index (κ1) is 9.93. The fourth-order valence-corrected chi connectivity index (χ4v) is 2.18. The molecule has 0 saturated heterocycles. The Bertz CT molecular complexity index is 508. The van der Waals surface area contributed by atoms with Crippen molar-refractivity contribution in [2.24, 2.45) is 0 Å². The summed E-state index contributed by atoms with van der Waals surface area (Å²) in [6, 6.07) is 11.5. The van der Waals surface area contributed by atoms with Crippen molar-refractivity contribution in [3.63, 3.8) is 0 Å². The van der Waals surface area contributed by atoms with Crippen molar-refractivity contribution in [2.45, 2.75) is 0 Å². The van der Waals surface area contributed by atoms with Gasteiger partial charge in [0.1, 0.15) is 0 Å². The second-order valence-corrected chi connectivity index (χ2v) is 4.45. The van der Waals surface area contributed by atoms with Crippen LogP contribution < -0.4 is 0 Å². The van der Waals surface area contributed by atoms with E-state index in [1.807, 2.05) is 30.3 Å².